The molecule has 0 unspecified atom stereocenters. The van der Waals surface area contributed by atoms with Crippen LogP contribution in [0.15, 0.2) is 52.5 Å². The molecule has 1 fully saturated rings. The Hall–Kier alpha value is -3.13. The summed E-state index contributed by atoms with van der Waals surface area (Å²) in [6, 6.07) is 11.0. The van der Waals surface area contributed by atoms with Crippen molar-refractivity contribution >= 4 is 45.5 Å². The van der Waals surface area contributed by atoms with Gasteiger partial charge in [0.05, 0.1) is 18.4 Å². The predicted octanol–water partition coefficient (Wildman–Crippen LogP) is 4.69. The Labute approximate surface area is 189 Å². The van der Waals surface area contributed by atoms with Gasteiger partial charge in [0.1, 0.15) is 17.1 Å². The molecule has 0 spiro atoms. The molecule has 1 N–H and O–H groups in total. The van der Waals surface area contributed by atoms with E-state index >= 15 is 0 Å². The van der Waals surface area contributed by atoms with Crippen LogP contribution in [0.1, 0.15) is 32.8 Å². The summed E-state index contributed by atoms with van der Waals surface area (Å²) < 4.78 is 12.1. The summed E-state index contributed by atoms with van der Waals surface area (Å²) >= 11 is 3.39. The number of imide groups is 2. The highest BCUT2D eigenvalue weighted by Crippen LogP contribution is 2.29. The molecule has 31 heavy (non-hydrogen) atoms. The molecule has 0 bridgehead atoms. The number of hydrogen-bond acceptors (Lipinski definition) is 5. The highest BCUT2D eigenvalue weighted by Gasteiger charge is 2.37. The summed E-state index contributed by atoms with van der Waals surface area (Å²) in [5, 5.41) is 2.23. The lowest BCUT2D eigenvalue weighted by Crippen LogP contribution is -2.54. The monoisotopic (exact) mass is 486 g/mol. The Morgan fingerprint density at radius 1 is 1.10 bits per heavy atom. The van der Waals surface area contributed by atoms with Crippen LogP contribution in [0.25, 0.3) is 6.08 Å². The van der Waals surface area contributed by atoms with Crippen LogP contribution in [-0.4, -0.2) is 30.6 Å². The van der Waals surface area contributed by atoms with E-state index in [1.54, 1.807) is 42.5 Å². The average Bonchev–Trinajstić information content (AvgIpc) is 2.72. The second-order valence-electron chi connectivity index (χ2n) is 7.15. The minimum atomic E-state index is -0.803. The number of amides is 4. The van der Waals surface area contributed by atoms with E-state index in [-0.39, 0.29) is 11.7 Å². The lowest BCUT2D eigenvalue weighted by molar-refractivity contribution is -0.122. The zero-order valence-corrected chi connectivity index (χ0v) is 19.1. The zero-order valence-electron chi connectivity index (χ0n) is 17.5. The first kappa shape index (κ1) is 22.6. The standard InChI is InChI=1S/C23H23BrN2O5/c1-4-11-30-18-8-6-17(7-9-18)26-22(28)19(21(27)25-23(26)29)13-15-12-16(24)5-10-20(15)31-14(2)3/h5-10,12-14H,4,11H2,1-3H3,(H,25,27,29)/b19-13-. The first-order chi connectivity index (χ1) is 14.8. The number of nitrogens with zero attached hydrogens (tertiary/aromatic N) is 1. The molecule has 2 aromatic carbocycles. The van der Waals surface area contributed by atoms with E-state index in [9.17, 15) is 14.4 Å². The number of rotatable bonds is 7. The van der Waals surface area contributed by atoms with Gasteiger partial charge in [0.2, 0.25) is 0 Å². The van der Waals surface area contributed by atoms with Crippen molar-refractivity contribution in [2.24, 2.45) is 0 Å². The maximum absolute atomic E-state index is 13.1. The van der Waals surface area contributed by atoms with Gasteiger partial charge in [-0.2, -0.15) is 0 Å². The van der Waals surface area contributed by atoms with Gasteiger partial charge in [-0.3, -0.25) is 14.9 Å². The fraction of sp³-hybridized carbons (Fsp3) is 0.261. The molecular formula is C23H23BrN2O5. The highest BCUT2D eigenvalue weighted by atomic mass is 79.9. The lowest BCUT2D eigenvalue weighted by atomic mass is 10.1. The van der Waals surface area contributed by atoms with Crippen molar-refractivity contribution in [3.8, 4) is 11.5 Å². The van der Waals surface area contributed by atoms with Crippen molar-refractivity contribution in [2.45, 2.75) is 33.3 Å². The molecule has 0 saturated carbocycles. The summed E-state index contributed by atoms with van der Waals surface area (Å²) in [5.41, 5.74) is 0.703. The molecule has 0 radical (unpaired) electrons. The number of halogens is 1. The van der Waals surface area contributed by atoms with Crippen LogP contribution in [0.4, 0.5) is 10.5 Å². The Morgan fingerprint density at radius 3 is 2.45 bits per heavy atom. The third-order valence-corrected chi connectivity index (χ3v) is 4.80. The van der Waals surface area contributed by atoms with Crippen molar-refractivity contribution in [1.82, 2.24) is 5.32 Å². The third kappa shape index (κ3) is 5.32. The van der Waals surface area contributed by atoms with E-state index in [0.717, 1.165) is 15.8 Å². The summed E-state index contributed by atoms with van der Waals surface area (Å²) in [4.78, 5) is 38.9. The molecule has 7 nitrogen and oxygen atoms in total. The van der Waals surface area contributed by atoms with Crippen molar-refractivity contribution in [1.29, 1.82) is 0 Å². The molecule has 2 aromatic rings. The van der Waals surface area contributed by atoms with Crippen LogP contribution in [0.5, 0.6) is 11.5 Å². The molecule has 8 heteroatoms. The van der Waals surface area contributed by atoms with E-state index in [4.69, 9.17) is 9.47 Å². The van der Waals surface area contributed by atoms with Crippen molar-refractivity contribution in [3.05, 3.63) is 58.1 Å². The van der Waals surface area contributed by atoms with Crippen LogP contribution in [0.3, 0.4) is 0 Å². The van der Waals surface area contributed by atoms with Crippen LogP contribution in [0, 0.1) is 0 Å². The van der Waals surface area contributed by atoms with Crippen molar-refractivity contribution in [3.63, 3.8) is 0 Å². The average molecular weight is 487 g/mol. The summed E-state index contributed by atoms with van der Waals surface area (Å²) in [6.45, 7) is 6.33. The number of barbiturate groups is 1. The third-order valence-electron chi connectivity index (χ3n) is 4.30. The number of carbonyl (C=O) groups is 3. The van der Waals surface area contributed by atoms with Crippen molar-refractivity contribution < 1.29 is 23.9 Å². The number of urea groups is 1. The topological polar surface area (TPSA) is 84.9 Å². The lowest BCUT2D eigenvalue weighted by Gasteiger charge is -2.26. The van der Waals surface area contributed by atoms with Gasteiger partial charge in [0.25, 0.3) is 11.8 Å². The summed E-state index contributed by atoms with van der Waals surface area (Å²) in [7, 11) is 0. The Balaban J connectivity index is 1.96. The molecule has 1 aliphatic rings. The van der Waals surface area contributed by atoms with E-state index < -0.39 is 17.8 Å². The van der Waals surface area contributed by atoms with Gasteiger partial charge in [0.15, 0.2) is 0 Å². The van der Waals surface area contributed by atoms with Crippen molar-refractivity contribution in [2.75, 3.05) is 11.5 Å². The number of anilines is 1. The van der Waals surface area contributed by atoms with Gasteiger partial charge in [-0.05, 0) is 68.8 Å². The molecule has 0 aromatic heterocycles. The van der Waals surface area contributed by atoms with E-state index in [2.05, 4.69) is 21.2 Å². The second kappa shape index (κ2) is 9.78. The minimum absolute atomic E-state index is 0.0965. The molecule has 0 atom stereocenters. The van der Waals surface area contributed by atoms with Gasteiger partial charge in [-0.25, -0.2) is 9.69 Å². The maximum atomic E-state index is 13.1. The van der Waals surface area contributed by atoms with Gasteiger partial charge in [0, 0.05) is 10.0 Å². The summed E-state index contributed by atoms with van der Waals surface area (Å²) in [6.07, 6.45) is 2.20. The van der Waals surface area contributed by atoms with Gasteiger partial charge in [-0.15, -0.1) is 0 Å². The Morgan fingerprint density at radius 2 is 1.81 bits per heavy atom. The summed E-state index contributed by atoms with van der Waals surface area (Å²) in [5.74, 6) is -0.324. The Kier molecular flexibility index (Phi) is 7.12. The first-order valence-corrected chi connectivity index (χ1v) is 10.7. The number of benzene rings is 2. The number of hydrogen-bond donors (Lipinski definition) is 1. The molecule has 4 amide bonds. The smallest absolute Gasteiger partial charge is 0.335 e. The zero-order chi connectivity index (χ0) is 22.5. The maximum Gasteiger partial charge on any atom is 0.335 e. The number of ether oxygens (including phenoxy) is 2. The molecule has 162 valence electrons. The Bertz CT molecular complexity index is 1030. The van der Waals surface area contributed by atoms with Gasteiger partial charge in [-0.1, -0.05) is 22.9 Å². The van der Waals surface area contributed by atoms with Crippen LogP contribution >= 0.6 is 15.9 Å². The molecule has 1 saturated heterocycles. The van der Waals surface area contributed by atoms with Gasteiger partial charge >= 0.3 is 6.03 Å². The van der Waals surface area contributed by atoms with Crippen LogP contribution < -0.4 is 19.7 Å². The largest absolute Gasteiger partial charge is 0.494 e. The highest BCUT2D eigenvalue weighted by molar-refractivity contribution is 9.10. The van der Waals surface area contributed by atoms with E-state index in [1.165, 1.54) is 6.08 Å². The van der Waals surface area contributed by atoms with Crippen LogP contribution in [0.2, 0.25) is 0 Å². The molecule has 0 aliphatic carbocycles. The molecule has 3 rings (SSSR count). The quantitative estimate of drug-likeness (QED) is 0.453. The molecule has 1 heterocycles. The molecule has 1 aliphatic heterocycles. The normalized spacial score (nSPS) is 15.5. The predicted molar refractivity (Wildman–Crippen MR) is 121 cm³/mol. The fourth-order valence-electron chi connectivity index (χ4n) is 2.95. The van der Waals surface area contributed by atoms with Gasteiger partial charge < -0.3 is 9.47 Å². The number of nitrogens with one attached hydrogen (secondary N) is 1. The molecular weight excluding hydrogens is 464 g/mol. The number of carbonyl (C=O) groups excluding carboxylic acids is 3. The first-order valence-electron chi connectivity index (χ1n) is 9.90. The van der Waals surface area contributed by atoms with Crippen LogP contribution in [-0.2, 0) is 9.59 Å². The second-order valence-corrected chi connectivity index (χ2v) is 8.06. The minimum Gasteiger partial charge on any atom is -0.494 e. The van der Waals surface area contributed by atoms with E-state index in [1.807, 2.05) is 20.8 Å². The SMILES string of the molecule is CCCOc1ccc(N2C(=O)NC(=O)/C(=C/c3cc(Br)ccc3OC(C)C)C2=O)cc1. The fourth-order valence-corrected chi connectivity index (χ4v) is 3.33. The van der Waals surface area contributed by atoms with E-state index in [0.29, 0.717) is 29.4 Å².